The van der Waals surface area contributed by atoms with E-state index in [0.717, 1.165) is 0 Å². The van der Waals surface area contributed by atoms with Crippen molar-refractivity contribution in [1.82, 2.24) is 4.72 Å². The van der Waals surface area contributed by atoms with Crippen LogP contribution >= 0.6 is 0 Å². The fraction of sp³-hybridized carbons (Fsp3) is 1.00. The lowest BCUT2D eigenvalue weighted by Crippen LogP contribution is -2.34. The molecular weight excluding hydrogens is 206 g/mol. The molecule has 14 heavy (non-hydrogen) atoms. The number of ether oxygens (including phenoxy) is 1. The van der Waals surface area contributed by atoms with Gasteiger partial charge in [0.1, 0.15) is 0 Å². The third-order valence-corrected chi connectivity index (χ3v) is 2.71. The molecule has 0 radical (unpaired) electrons. The van der Waals surface area contributed by atoms with Crippen molar-refractivity contribution < 1.29 is 18.3 Å². The maximum Gasteiger partial charge on any atom is 0.213 e. The summed E-state index contributed by atoms with van der Waals surface area (Å²) in [6.07, 6.45) is -0.641. The van der Waals surface area contributed by atoms with Gasteiger partial charge in [-0.2, -0.15) is 0 Å². The Labute approximate surface area is 85.5 Å². The van der Waals surface area contributed by atoms with E-state index >= 15 is 0 Å². The van der Waals surface area contributed by atoms with Gasteiger partial charge >= 0.3 is 0 Å². The number of hydrogen-bond acceptors (Lipinski definition) is 4. The van der Waals surface area contributed by atoms with Gasteiger partial charge in [-0.05, 0) is 20.8 Å². The van der Waals surface area contributed by atoms with Gasteiger partial charge in [-0.1, -0.05) is 0 Å². The van der Waals surface area contributed by atoms with E-state index in [1.54, 1.807) is 0 Å². The maximum atomic E-state index is 11.2. The fourth-order valence-electron chi connectivity index (χ4n) is 0.713. The molecule has 0 aromatic heterocycles. The number of aliphatic hydroxyl groups is 1. The molecule has 0 aliphatic carbocycles. The molecule has 5 nitrogen and oxygen atoms in total. The zero-order chi connectivity index (χ0) is 11.2. The molecule has 0 amide bonds. The quantitative estimate of drug-likeness (QED) is 0.624. The normalized spacial score (nSPS) is 14.6. The van der Waals surface area contributed by atoms with Crippen LogP contribution in [-0.4, -0.2) is 44.6 Å². The average Bonchev–Trinajstić information content (AvgIpc) is 2.00. The first-order valence-corrected chi connectivity index (χ1v) is 6.25. The van der Waals surface area contributed by atoms with Gasteiger partial charge in [0, 0.05) is 6.54 Å². The lowest BCUT2D eigenvalue weighted by Gasteiger charge is -2.10. The van der Waals surface area contributed by atoms with E-state index in [9.17, 15) is 8.42 Å². The second-order valence-corrected chi connectivity index (χ2v) is 5.36. The van der Waals surface area contributed by atoms with Crippen LogP contribution in [0.3, 0.4) is 0 Å². The lowest BCUT2D eigenvalue weighted by atomic mass is 10.4. The standard InChI is InChI=1S/C8H19NO4S/c1-7(2)13-4-5-14(11,12)9-6-8(3)10/h7-10H,4-6H2,1-3H3. The Hall–Kier alpha value is -0.170. The number of nitrogens with one attached hydrogen (secondary N) is 1. The highest BCUT2D eigenvalue weighted by molar-refractivity contribution is 7.89. The summed E-state index contributed by atoms with van der Waals surface area (Å²) in [7, 11) is -3.31. The number of hydrogen-bond donors (Lipinski definition) is 2. The lowest BCUT2D eigenvalue weighted by molar-refractivity contribution is 0.0911. The molecule has 1 unspecified atom stereocenters. The summed E-state index contributed by atoms with van der Waals surface area (Å²) in [6, 6.07) is 0. The van der Waals surface area contributed by atoms with Crippen molar-refractivity contribution in [2.75, 3.05) is 18.9 Å². The summed E-state index contributed by atoms with van der Waals surface area (Å²) in [4.78, 5) is 0. The highest BCUT2D eigenvalue weighted by Gasteiger charge is 2.10. The largest absolute Gasteiger partial charge is 0.392 e. The molecular formula is C8H19NO4S. The molecule has 1 atom stereocenters. The Bertz CT molecular complexity index is 236. The molecule has 0 heterocycles. The summed E-state index contributed by atoms with van der Waals surface area (Å²) < 4.78 is 29.8. The first-order valence-electron chi connectivity index (χ1n) is 4.60. The van der Waals surface area contributed by atoms with Crippen molar-refractivity contribution in [2.24, 2.45) is 0 Å². The molecule has 0 spiro atoms. The molecule has 0 aliphatic heterocycles. The predicted molar refractivity (Wildman–Crippen MR) is 54.6 cm³/mol. The summed E-state index contributed by atoms with van der Waals surface area (Å²) in [5, 5.41) is 8.87. The average molecular weight is 225 g/mol. The summed E-state index contributed by atoms with van der Waals surface area (Å²) >= 11 is 0. The third kappa shape index (κ3) is 8.43. The second kappa shape index (κ2) is 6.34. The SMILES string of the molecule is CC(O)CNS(=O)(=O)CCOC(C)C. The smallest absolute Gasteiger partial charge is 0.213 e. The maximum absolute atomic E-state index is 11.2. The van der Waals surface area contributed by atoms with Crippen LogP contribution in [0.4, 0.5) is 0 Å². The van der Waals surface area contributed by atoms with Crippen LogP contribution in [-0.2, 0) is 14.8 Å². The number of sulfonamides is 1. The molecule has 0 fully saturated rings. The van der Waals surface area contributed by atoms with E-state index in [1.165, 1.54) is 6.92 Å². The van der Waals surface area contributed by atoms with Gasteiger partial charge in [-0.25, -0.2) is 13.1 Å². The van der Waals surface area contributed by atoms with Gasteiger partial charge in [0.15, 0.2) is 0 Å². The minimum atomic E-state index is -3.31. The van der Waals surface area contributed by atoms with Crippen LogP contribution in [0.5, 0.6) is 0 Å². The van der Waals surface area contributed by atoms with Crippen LogP contribution in [0.2, 0.25) is 0 Å². The van der Waals surface area contributed by atoms with E-state index in [0.29, 0.717) is 0 Å². The summed E-state index contributed by atoms with van der Waals surface area (Å²) in [5.41, 5.74) is 0. The van der Waals surface area contributed by atoms with E-state index in [2.05, 4.69) is 4.72 Å². The molecule has 6 heteroatoms. The molecule has 0 saturated carbocycles. The van der Waals surface area contributed by atoms with E-state index in [4.69, 9.17) is 9.84 Å². The van der Waals surface area contributed by atoms with Gasteiger partial charge in [-0.3, -0.25) is 0 Å². The zero-order valence-electron chi connectivity index (χ0n) is 8.86. The first kappa shape index (κ1) is 13.8. The zero-order valence-corrected chi connectivity index (χ0v) is 9.67. The van der Waals surface area contributed by atoms with Crippen LogP contribution in [0.15, 0.2) is 0 Å². The molecule has 86 valence electrons. The van der Waals surface area contributed by atoms with Crippen molar-refractivity contribution >= 4 is 10.0 Å². The monoisotopic (exact) mass is 225 g/mol. The van der Waals surface area contributed by atoms with Crippen molar-refractivity contribution in [3.63, 3.8) is 0 Å². The molecule has 0 aromatic carbocycles. The fourth-order valence-corrected chi connectivity index (χ4v) is 1.67. The Balaban J connectivity index is 3.73. The van der Waals surface area contributed by atoms with Crippen LogP contribution in [0.1, 0.15) is 20.8 Å². The van der Waals surface area contributed by atoms with Crippen LogP contribution in [0.25, 0.3) is 0 Å². The first-order chi connectivity index (χ1) is 6.33. The molecule has 2 N–H and O–H groups in total. The Morgan fingerprint density at radius 2 is 1.93 bits per heavy atom. The second-order valence-electron chi connectivity index (χ2n) is 3.44. The van der Waals surface area contributed by atoms with E-state index < -0.39 is 16.1 Å². The topological polar surface area (TPSA) is 75.6 Å². The number of aliphatic hydroxyl groups excluding tert-OH is 1. The minimum absolute atomic E-state index is 0.0296. The molecule has 0 rings (SSSR count). The highest BCUT2D eigenvalue weighted by atomic mass is 32.2. The van der Waals surface area contributed by atoms with Crippen LogP contribution < -0.4 is 4.72 Å². The van der Waals surface area contributed by atoms with Gasteiger partial charge in [-0.15, -0.1) is 0 Å². The van der Waals surface area contributed by atoms with Crippen molar-refractivity contribution in [3.8, 4) is 0 Å². The van der Waals surface area contributed by atoms with E-state index in [-0.39, 0.29) is 25.0 Å². The van der Waals surface area contributed by atoms with Crippen molar-refractivity contribution in [2.45, 2.75) is 33.0 Å². The van der Waals surface area contributed by atoms with Gasteiger partial charge < -0.3 is 9.84 Å². The summed E-state index contributed by atoms with van der Waals surface area (Å²) in [6.45, 7) is 5.43. The van der Waals surface area contributed by atoms with Crippen LogP contribution in [0, 0.1) is 0 Å². The Morgan fingerprint density at radius 3 is 2.36 bits per heavy atom. The van der Waals surface area contributed by atoms with Gasteiger partial charge in [0.25, 0.3) is 0 Å². The summed E-state index contributed by atoms with van der Waals surface area (Å²) in [5.74, 6) is -0.0715. The minimum Gasteiger partial charge on any atom is -0.392 e. The molecule has 0 saturated heterocycles. The van der Waals surface area contributed by atoms with Crippen molar-refractivity contribution in [1.29, 1.82) is 0 Å². The third-order valence-electron chi connectivity index (χ3n) is 1.40. The predicted octanol–water partition coefficient (Wildman–Crippen LogP) is -0.288. The van der Waals surface area contributed by atoms with E-state index in [1.807, 2.05) is 13.8 Å². The number of rotatable bonds is 7. The molecule has 0 aliphatic rings. The highest BCUT2D eigenvalue weighted by Crippen LogP contribution is 1.91. The van der Waals surface area contributed by atoms with Gasteiger partial charge in [0.2, 0.25) is 10.0 Å². The Kier molecular flexibility index (Phi) is 6.26. The Morgan fingerprint density at radius 1 is 1.36 bits per heavy atom. The van der Waals surface area contributed by atoms with Gasteiger partial charge in [0.05, 0.1) is 24.6 Å². The van der Waals surface area contributed by atoms with Crippen molar-refractivity contribution in [3.05, 3.63) is 0 Å². The molecule has 0 bridgehead atoms. The molecule has 0 aromatic rings.